The Kier molecular flexibility index (Phi) is 11.1. The molecule has 10 heavy (non-hydrogen) atoms. The Morgan fingerprint density at radius 1 is 1.20 bits per heavy atom. The molecule has 0 aromatic rings. The van der Waals surface area contributed by atoms with E-state index >= 15 is 0 Å². The molecule has 0 saturated carbocycles. The zero-order valence-corrected chi connectivity index (χ0v) is 10.9. The van der Waals surface area contributed by atoms with Gasteiger partial charge in [-0.15, -0.1) is 0 Å². The van der Waals surface area contributed by atoms with E-state index in [0.717, 1.165) is 0 Å². The van der Waals surface area contributed by atoms with Crippen LogP contribution in [-0.2, 0) is 4.57 Å². The summed E-state index contributed by atoms with van der Waals surface area (Å²) in [6.45, 7) is 4.60. The first-order valence-electron chi connectivity index (χ1n) is 2.90. The minimum Gasteiger partial charge on any atom is -0.303 e. The van der Waals surface area contributed by atoms with Gasteiger partial charge in [-0.1, -0.05) is 0 Å². The smallest absolute Gasteiger partial charge is 0.303 e. The minimum absolute atomic E-state index is 0.0494. The van der Waals surface area contributed by atoms with Crippen molar-refractivity contribution < 1.29 is 19.2 Å². The van der Waals surface area contributed by atoms with Gasteiger partial charge in [0.05, 0.1) is 0 Å². The van der Waals surface area contributed by atoms with Gasteiger partial charge in [-0.25, -0.2) is 4.57 Å². The Morgan fingerprint density at radius 2 is 1.40 bits per heavy atom. The van der Waals surface area contributed by atoms with Crippen molar-refractivity contribution in [2.24, 2.45) is 0 Å². The first kappa shape index (κ1) is 13.6. The average Bonchev–Trinajstić information content (AvgIpc) is 1.63. The summed E-state index contributed by atoms with van der Waals surface area (Å²) >= 11 is 0.0494. The number of rotatable bonds is 2. The van der Waals surface area contributed by atoms with E-state index in [1.807, 2.05) is 0 Å². The molecular formula is C4H13O4PPb. The topological polar surface area (TPSA) is 77.8 Å². The van der Waals surface area contributed by atoms with Crippen LogP contribution in [0.4, 0.5) is 0 Å². The Labute approximate surface area is 73.1 Å². The van der Waals surface area contributed by atoms with Crippen LogP contribution in [0, 0.1) is 0 Å². The van der Waals surface area contributed by atoms with E-state index < -0.39 is 7.82 Å². The molecule has 6 heteroatoms. The second-order valence-corrected chi connectivity index (χ2v) is 9.94. The van der Waals surface area contributed by atoms with Gasteiger partial charge in [0.25, 0.3) is 0 Å². The maximum absolute atomic E-state index is 8.88. The summed E-state index contributed by atoms with van der Waals surface area (Å²) in [5.74, 6) is 0. The molecule has 0 rings (SSSR count). The number of hydrogen-bond donors (Lipinski definition) is 3. The monoisotopic (exact) mass is 364 g/mol. The minimum atomic E-state index is -4.64. The first-order chi connectivity index (χ1) is 4.41. The summed E-state index contributed by atoms with van der Waals surface area (Å²) < 4.78 is 12.0. The van der Waals surface area contributed by atoms with Crippen molar-refractivity contribution >= 4 is 32.1 Å². The molecule has 0 aromatic heterocycles. The molecule has 0 aliphatic rings. The SMILES string of the molecule is C[CH2][Pb][CH2]C.O=P(O)(O)O. The second-order valence-electron chi connectivity index (χ2n) is 1.47. The van der Waals surface area contributed by atoms with E-state index in [1.54, 1.807) is 0 Å². The molecule has 0 unspecified atom stereocenters. The predicted molar refractivity (Wildman–Crippen MR) is 41.0 cm³/mol. The Hall–Kier alpha value is 1.03. The van der Waals surface area contributed by atoms with Crippen LogP contribution in [-0.4, -0.2) is 38.9 Å². The summed E-state index contributed by atoms with van der Waals surface area (Å²) in [6.07, 6.45) is 0. The maximum Gasteiger partial charge on any atom is 0.466 e. The molecule has 0 fully saturated rings. The summed E-state index contributed by atoms with van der Waals surface area (Å²) in [5.41, 5.74) is 0. The van der Waals surface area contributed by atoms with E-state index in [-0.39, 0.29) is 24.2 Å². The number of hydrogen-bond acceptors (Lipinski definition) is 1. The Bertz CT molecular complexity index is 91.2. The van der Waals surface area contributed by atoms with Gasteiger partial charge in [-0.3, -0.25) is 0 Å². The molecule has 0 saturated heterocycles. The van der Waals surface area contributed by atoms with Crippen LogP contribution in [0.25, 0.3) is 0 Å². The van der Waals surface area contributed by atoms with E-state index in [2.05, 4.69) is 13.8 Å². The van der Waals surface area contributed by atoms with Crippen LogP contribution in [0.2, 0.25) is 7.96 Å². The molecular weight excluding hydrogens is 350 g/mol. The van der Waals surface area contributed by atoms with E-state index in [1.165, 1.54) is 7.96 Å². The molecule has 62 valence electrons. The summed E-state index contributed by atoms with van der Waals surface area (Å²) in [7, 11) is -4.64. The Balaban J connectivity index is 0. The third-order valence-corrected chi connectivity index (χ3v) is 4.39. The fourth-order valence-electron chi connectivity index (χ4n) is 0.250. The van der Waals surface area contributed by atoms with Crippen LogP contribution >= 0.6 is 7.82 Å². The van der Waals surface area contributed by atoms with Gasteiger partial charge in [0.1, 0.15) is 0 Å². The van der Waals surface area contributed by atoms with Crippen molar-refractivity contribution in [2.45, 2.75) is 21.8 Å². The zero-order valence-electron chi connectivity index (χ0n) is 6.11. The Morgan fingerprint density at radius 3 is 1.40 bits per heavy atom. The molecule has 0 aliphatic carbocycles. The fourth-order valence-corrected chi connectivity index (χ4v) is 2.19. The summed E-state index contributed by atoms with van der Waals surface area (Å²) in [6, 6.07) is 0. The number of phosphoric acid groups is 1. The molecule has 0 bridgehead atoms. The standard InChI is InChI=1S/2C2H5.H3O4P.Pb/c2*1-2;1-5(2,3)4;/h2*1H2,2H3;(H3,1,2,3,4);. The van der Waals surface area contributed by atoms with Gasteiger partial charge in [0.2, 0.25) is 0 Å². The van der Waals surface area contributed by atoms with Crippen molar-refractivity contribution in [3.63, 3.8) is 0 Å². The molecule has 0 spiro atoms. The molecule has 2 radical (unpaired) electrons. The normalized spacial score (nSPS) is 10.1. The van der Waals surface area contributed by atoms with Gasteiger partial charge in [-0.05, 0) is 0 Å². The fraction of sp³-hybridized carbons (Fsp3) is 1.00. The third-order valence-electron chi connectivity index (χ3n) is 0.500. The van der Waals surface area contributed by atoms with Gasteiger partial charge in [-0.2, -0.15) is 0 Å². The van der Waals surface area contributed by atoms with Crippen LogP contribution in [0.1, 0.15) is 13.8 Å². The largest absolute Gasteiger partial charge is 0.466 e. The first-order valence-corrected chi connectivity index (χ1v) is 9.97. The van der Waals surface area contributed by atoms with Crippen molar-refractivity contribution in [1.82, 2.24) is 0 Å². The van der Waals surface area contributed by atoms with E-state index in [9.17, 15) is 0 Å². The van der Waals surface area contributed by atoms with Crippen molar-refractivity contribution in [3.05, 3.63) is 0 Å². The molecule has 4 nitrogen and oxygen atoms in total. The van der Waals surface area contributed by atoms with Crippen LogP contribution < -0.4 is 0 Å². The van der Waals surface area contributed by atoms with Crippen molar-refractivity contribution in [2.75, 3.05) is 0 Å². The summed E-state index contributed by atoms with van der Waals surface area (Å²) in [4.78, 5) is 21.6. The predicted octanol–water partition coefficient (Wildman–Crippen LogP) is 0.638. The van der Waals surface area contributed by atoms with Gasteiger partial charge in [0, 0.05) is 0 Å². The quantitative estimate of drug-likeness (QED) is 0.497. The molecule has 0 heterocycles. The third kappa shape index (κ3) is 63.4. The van der Waals surface area contributed by atoms with Crippen LogP contribution in [0.3, 0.4) is 0 Å². The zero-order chi connectivity index (χ0) is 8.62. The average molecular weight is 363 g/mol. The molecule has 0 atom stereocenters. The molecule has 3 N–H and O–H groups in total. The van der Waals surface area contributed by atoms with Gasteiger partial charge in [0.15, 0.2) is 0 Å². The van der Waals surface area contributed by atoms with Gasteiger partial charge >= 0.3 is 53.9 Å². The van der Waals surface area contributed by atoms with Crippen molar-refractivity contribution in [1.29, 1.82) is 0 Å². The van der Waals surface area contributed by atoms with E-state index in [4.69, 9.17) is 19.2 Å². The maximum atomic E-state index is 8.88. The molecule has 0 amide bonds. The van der Waals surface area contributed by atoms with Crippen molar-refractivity contribution in [3.8, 4) is 0 Å². The van der Waals surface area contributed by atoms with Gasteiger partial charge < -0.3 is 14.7 Å². The van der Waals surface area contributed by atoms with Crippen LogP contribution in [0.15, 0.2) is 0 Å². The molecule has 0 aromatic carbocycles. The van der Waals surface area contributed by atoms with Crippen LogP contribution in [0.5, 0.6) is 0 Å². The summed E-state index contributed by atoms with van der Waals surface area (Å²) in [5, 5.41) is 0. The van der Waals surface area contributed by atoms with E-state index in [0.29, 0.717) is 0 Å². The second kappa shape index (κ2) is 8.13. The molecule has 0 aliphatic heterocycles.